The molecule has 0 fully saturated rings. The van der Waals surface area contributed by atoms with E-state index in [1.165, 1.54) is 4.90 Å². The first-order chi connectivity index (χ1) is 26.0. The van der Waals surface area contributed by atoms with Crippen LogP contribution in [0.4, 0.5) is 11.6 Å². The lowest BCUT2D eigenvalue weighted by Crippen LogP contribution is -2.53. The molecule has 1 aromatic carbocycles. The van der Waals surface area contributed by atoms with E-state index in [2.05, 4.69) is 25.9 Å². The molecular weight excluding hydrogens is 746 g/mol. The molecule has 1 amide bonds. The van der Waals surface area contributed by atoms with Gasteiger partial charge in [-0.15, -0.1) is 0 Å². The minimum absolute atomic E-state index is 0.0618. The number of unbranched alkanes of at least 4 members (excludes halogenated alkanes) is 1. The number of aliphatic hydroxyl groups is 10. The van der Waals surface area contributed by atoms with Crippen LogP contribution >= 0.6 is 11.6 Å². The normalized spacial score (nSPS) is 16.7. The molecule has 0 spiro atoms. The Balaban J connectivity index is 1.78. The predicted octanol–water partition coefficient (Wildman–Crippen LogP) is -4.34. The molecule has 0 bridgehead atoms. The number of nitrogens with one attached hydrogen (secondary N) is 4. The number of hydrogen-bond donors (Lipinski definition) is 16. The quantitative estimate of drug-likeness (QED) is 0.0256. The van der Waals surface area contributed by atoms with Crippen molar-refractivity contribution in [2.75, 3.05) is 57.4 Å². The number of aryl methyl sites for hydroxylation is 1. The van der Waals surface area contributed by atoms with Gasteiger partial charge in [0.1, 0.15) is 36.6 Å². The van der Waals surface area contributed by atoms with Crippen molar-refractivity contribution in [2.24, 2.45) is 0 Å². The summed E-state index contributed by atoms with van der Waals surface area (Å²) in [5.74, 6) is -1.27. The second-order valence-corrected chi connectivity index (χ2v) is 13.8. The minimum atomic E-state index is -1.86. The molecule has 1 heterocycles. The highest BCUT2D eigenvalue weighted by Gasteiger charge is 2.34. The van der Waals surface area contributed by atoms with Gasteiger partial charge < -0.3 is 73.2 Å². The molecule has 0 aliphatic heterocycles. The predicted molar refractivity (Wildman–Crippen MR) is 203 cm³/mol. The van der Waals surface area contributed by atoms with Gasteiger partial charge in [-0.05, 0) is 63.2 Å². The first-order valence-corrected chi connectivity index (χ1v) is 18.3. The number of amides is 1. The van der Waals surface area contributed by atoms with Crippen molar-refractivity contribution in [2.45, 2.75) is 93.9 Å². The van der Waals surface area contributed by atoms with Crippen molar-refractivity contribution in [1.29, 1.82) is 5.41 Å². The maximum absolute atomic E-state index is 12.3. The van der Waals surface area contributed by atoms with E-state index >= 15 is 0 Å². The highest BCUT2D eigenvalue weighted by molar-refractivity contribution is 6.31. The molecule has 55 heavy (non-hydrogen) atoms. The maximum Gasteiger partial charge on any atom is 0.280 e. The summed E-state index contributed by atoms with van der Waals surface area (Å²) in [4.78, 5) is 21.4. The summed E-state index contributed by atoms with van der Waals surface area (Å²) >= 11 is 5.81. The third-order valence-electron chi connectivity index (χ3n) is 8.80. The molecule has 312 valence electrons. The van der Waals surface area contributed by atoms with Gasteiger partial charge in [0, 0.05) is 25.7 Å². The second-order valence-electron chi connectivity index (χ2n) is 13.4. The molecule has 0 saturated heterocycles. The van der Waals surface area contributed by atoms with Crippen LogP contribution in [0.2, 0.25) is 5.15 Å². The number of carbonyl (C=O) groups excluding carboxylic acids is 1. The summed E-state index contributed by atoms with van der Waals surface area (Å²) in [6, 6.07) is 8.24. The first-order valence-electron chi connectivity index (χ1n) is 17.9. The highest BCUT2D eigenvalue weighted by atomic mass is 35.5. The van der Waals surface area contributed by atoms with Crippen molar-refractivity contribution in [3.05, 3.63) is 46.2 Å². The smallest absolute Gasteiger partial charge is 0.280 e. The Kier molecular flexibility index (Phi) is 21.1. The number of hydrogen-bond acceptors (Lipinski definition) is 18. The molecule has 18 N–H and O–H groups in total. The van der Waals surface area contributed by atoms with Gasteiger partial charge in [0.2, 0.25) is 0 Å². The van der Waals surface area contributed by atoms with Crippen molar-refractivity contribution in [3.8, 4) is 0 Å². The van der Waals surface area contributed by atoms with Gasteiger partial charge in [-0.3, -0.25) is 20.4 Å². The number of benzene rings is 1. The Bertz CT molecular complexity index is 1420. The molecule has 0 saturated carbocycles. The number of aliphatic hydroxyl groups excluding tert-OH is 10. The standard InChI is InChI=1S/C34H58ClN9O11/c1-18(39-11-4-12-44(14-21(47)26(51)28(53)23(49)16-45)15-22(48)27(52)29(54)24(50)17-46)13-20-8-6-19(7-9-20)5-2-3-10-40-34(38)43-33(55)25-31(36)42-32(37)30(35)41-25/h6-9,18,21-24,26-29,39,45-54H,2-5,10-17H2,1H3,(H4,36,37,42)(H3,38,40,43,55)/t18?,21-,22-,23+,24+,26+,27+,28+,29+/m0/s1. The van der Waals surface area contributed by atoms with Crippen molar-refractivity contribution >= 4 is 35.1 Å². The van der Waals surface area contributed by atoms with Gasteiger partial charge in [0.25, 0.3) is 5.91 Å². The number of nitrogens with zero attached hydrogens (tertiary/aromatic N) is 3. The van der Waals surface area contributed by atoms with E-state index in [4.69, 9.17) is 38.7 Å². The van der Waals surface area contributed by atoms with Crippen LogP contribution in [0.15, 0.2) is 24.3 Å². The van der Waals surface area contributed by atoms with Crippen LogP contribution < -0.4 is 27.4 Å². The summed E-state index contributed by atoms with van der Waals surface area (Å²) in [6.45, 7) is 0.808. The van der Waals surface area contributed by atoms with Crippen molar-refractivity contribution < 1.29 is 55.9 Å². The van der Waals surface area contributed by atoms with Crippen LogP contribution in [-0.4, -0.2) is 179 Å². The summed E-state index contributed by atoms with van der Waals surface area (Å²) in [5, 5.41) is 115. The Morgan fingerprint density at radius 3 is 1.85 bits per heavy atom. The molecule has 9 atom stereocenters. The fourth-order valence-electron chi connectivity index (χ4n) is 5.54. The zero-order chi connectivity index (χ0) is 41.2. The van der Waals surface area contributed by atoms with E-state index in [0.29, 0.717) is 25.9 Å². The lowest BCUT2D eigenvalue weighted by atomic mass is 10.0. The topological polar surface area (TPSA) is 360 Å². The van der Waals surface area contributed by atoms with Crippen LogP contribution in [0, 0.1) is 5.41 Å². The van der Waals surface area contributed by atoms with E-state index in [0.717, 1.165) is 30.4 Å². The summed E-state index contributed by atoms with van der Waals surface area (Å²) < 4.78 is 0. The first kappa shape index (κ1) is 47.8. The number of guanidine groups is 1. The van der Waals surface area contributed by atoms with E-state index in [-0.39, 0.29) is 54.1 Å². The number of nitrogen functional groups attached to an aromatic ring is 2. The maximum atomic E-state index is 12.3. The summed E-state index contributed by atoms with van der Waals surface area (Å²) in [6.07, 6.45) is -10.5. The van der Waals surface area contributed by atoms with E-state index < -0.39 is 68.0 Å². The van der Waals surface area contributed by atoms with Gasteiger partial charge in [-0.2, -0.15) is 0 Å². The Morgan fingerprint density at radius 2 is 1.31 bits per heavy atom. The SMILES string of the molecule is CC(Cc1ccc(CCCCNC(=N)NC(=O)c2nc(Cl)c(N)nc2N)cc1)NCCCN(C[C@H](O)[C@@H](O)[C@H](O)[C@H](O)CO)C[C@H](O)[C@@H](O)[C@H](O)[C@H](O)CO. The van der Waals surface area contributed by atoms with Gasteiger partial charge in [0.15, 0.2) is 28.4 Å². The van der Waals surface area contributed by atoms with Crippen LogP contribution in [0.3, 0.4) is 0 Å². The monoisotopic (exact) mass is 803 g/mol. The summed E-state index contributed by atoms with van der Waals surface area (Å²) in [5.41, 5.74) is 13.2. The molecule has 1 aromatic heterocycles. The van der Waals surface area contributed by atoms with Gasteiger partial charge >= 0.3 is 0 Å². The van der Waals surface area contributed by atoms with Crippen molar-refractivity contribution in [3.63, 3.8) is 0 Å². The lowest BCUT2D eigenvalue weighted by molar-refractivity contribution is -0.130. The molecule has 2 rings (SSSR count). The van der Waals surface area contributed by atoms with Crippen LogP contribution in [0.5, 0.6) is 0 Å². The van der Waals surface area contributed by atoms with Gasteiger partial charge in [0.05, 0.1) is 25.4 Å². The number of carbonyl (C=O) groups is 1. The largest absolute Gasteiger partial charge is 0.394 e. The van der Waals surface area contributed by atoms with Crippen LogP contribution in [0.25, 0.3) is 0 Å². The highest BCUT2D eigenvalue weighted by Crippen LogP contribution is 2.17. The number of aromatic nitrogens is 2. The van der Waals surface area contributed by atoms with Gasteiger partial charge in [-0.1, -0.05) is 35.9 Å². The molecule has 1 unspecified atom stereocenters. The van der Waals surface area contributed by atoms with E-state index in [1.807, 2.05) is 31.2 Å². The molecule has 0 aliphatic rings. The third-order valence-corrected chi connectivity index (χ3v) is 9.08. The lowest BCUT2D eigenvalue weighted by Gasteiger charge is -2.33. The number of anilines is 2. The summed E-state index contributed by atoms with van der Waals surface area (Å²) in [7, 11) is 0. The van der Waals surface area contributed by atoms with E-state index in [1.54, 1.807) is 0 Å². The third kappa shape index (κ3) is 16.3. The molecule has 21 heteroatoms. The fourth-order valence-corrected chi connectivity index (χ4v) is 5.67. The van der Waals surface area contributed by atoms with Crippen molar-refractivity contribution in [1.82, 2.24) is 30.8 Å². The zero-order valence-electron chi connectivity index (χ0n) is 30.7. The average Bonchev–Trinajstić information content (AvgIpc) is 3.16. The number of halogens is 1. The van der Waals surface area contributed by atoms with Gasteiger partial charge in [-0.25, -0.2) is 9.97 Å². The molecule has 0 radical (unpaired) electrons. The minimum Gasteiger partial charge on any atom is -0.394 e. The number of rotatable bonds is 25. The van der Waals surface area contributed by atoms with Crippen LogP contribution in [0.1, 0.15) is 47.8 Å². The molecule has 2 aromatic rings. The Labute approximate surface area is 324 Å². The fraction of sp³-hybridized carbons (Fsp3) is 0.647. The van der Waals surface area contributed by atoms with E-state index in [9.17, 15) is 45.6 Å². The second kappa shape index (κ2) is 24.3. The Morgan fingerprint density at radius 1 is 0.782 bits per heavy atom. The average molecular weight is 804 g/mol. The molecular formula is C34H58ClN9O11. The molecule has 20 nitrogen and oxygen atoms in total. The Hall–Kier alpha value is -3.35. The zero-order valence-corrected chi connectivity index (χ0v) is 31.5. The van der Waals surface area contributed by atoms with Crippen LogP contribution in [-0.2, 0) is 12.8 Å². The molecule has 0 aliphatic carbocycles. The number of nitrogens with two attached hydrogens (primary N) is 2.